The van der Waals surface area contributed by atoms with E-state index in [4.69, 9.17) is 0 Å². The fourth-order valence-electron chi connectivity index (χ4n) is 2.58. The average Bonchev–Trinajstić information content (AvgIpc) is 3.13. The van der Waals surface area contributed by atoms with E-state index < -0.39 is 0 Å². The summed E-state index contributed by atoms with van der Waals surface area (Å²) >= 11 is 0. The summed E-state index contributed by atoms with van der Waals surface area (Å²) in [5.41, 5.74) is 2.42. The predicted molar refractivity (Wildman–Crippen MR) is 93.2 cm³/mol. The summed E-state index contributed by atoms with van der Waals surface area (Å²) in [6.45, 7) is 0. The van der Waals surface area contributed by atoms with Gasteiger partial charge < -0.3 is 5.32 Å². The normalized spacial score (nSPS) is 10.8. The van der Waals surface area contributed by atoms with Crippen LogP contribution in [0.2, 0.25) is 0 Å². The number of aromatic nitrogens is 3. The molecule has 0 radical (unpaired) electrons. The number of rotatable bonds is 3. The van der Waals surface area contributed by atoms with Crippen LogP contribution in [0.1, 0.15) is 10.5 Å². The molecule has 0 saturated carbocycles. The summed E-state index contributed by atoms with van der Waals surface area (Å²) in [5, 5.41) is 7.97. The zero-order valence-electron chi connectivity index (χ0n) is 13.1. The highest BCUT2D eigenvalue weighted by Gasteiger charge is 2.12. The topological polar surface area (TPSA) is 59.8 Å². The van der Waals surface area contributed by atoms with Crippen molar-refractivity contribution in [3.8, 4) is 5.69 Å². The number of carbonyl (C=O) groups excluding carboxylic acids is 1. The third-order valence-electron chi connectivity index (χ3n) is 3.81. The van der Waals surface area contributed by atoms with Gasteiger partial charge in [0.1, 0.15) is 5.82 Å². The van der Waals surface area contributed by atoms with Crippen LogP contribution < -0.4 is 5.32 Å². The molecule has 1 N–H and O–H groups in total. The van der Waals surface area contributed by atoms with Gasteiger partial charge in [0, 0.05) is 17.8 Å². The second kappa shape index (κ2) is 6.16. The molecule has 0 aliphatic heterocycles. The first-order chi connectivity index (χ1) is 12.2. The van der Waals surface area contributed by atoms with Gasteiger partial charge >= 0.3 is 0 Å². The first-order valence-corrected chi connectivity index (χ1v) is 7.67. The van der Waals surface area contributed by atoms with E-state index in [9.17, 15) is 9.18 Å². The third kappa shape index (κ3) is 2.97. The van der Waals surface area contributed by atoms with Gasteiger partial charge in [-0.2, -0.15) is 5.10 Å². The van der Waals surface area contributed by atoms with Crippen molar-refractivity contribution in [3.63, 3.8) is 0 Å². The quantitative estimate of drug-likeness (QED) is 0.620. The number of pyridine rings is 1. The second-order valence-corrected chi connectivity index (χ2v) is 5.45. The second-order valence-electron chi connectivity index (χ2n) is 5.45. The Morgan fingerprint density at radius 1 is 1.00 bits per heavy atom. The van der Waals surface area contributed by atoms with Crippen molar-refractivity contribution in [2.75, 3.05) is 5.32 Å². The molecule has 0 fully saturated rings. The number of benzene rings is 2. The van der Waals surface area contributed by atoms with Crippen molar-refractivity contribution in [2.24, 2.45) is 0 Å². The highest BCUT2D eigenvalue weighted by atomic mass is 19.1. The molecule has 6 heteroatoms. The summed E-state index contributed by atoms with van der Waals surface area (Å²) in [6, 6.07) is 16.8. The minimum absolute atomic E-state index is 0.269. The molecule has 0 aliphatic rings. The largest absolute Gasteiger partial charge is 0.320 e. The van der Waals surface area contributed by atoms with Crippen LogP contribution in [0.5, 0.6) is 0 Å². The number of fused-ring (bicyclic) bond motifs is 1. The minimum Gasteiger partial charge on any atom is -0.320 e. The molecule has 0 saturated heterocycles. The fraction of sp³-hybridized carbons (Fsp3) is 0. The molecular weight excluding hydrogens is 319 g/mol. The van der Waals surface area contributed by atoms with E-state index >= 15 is 0 Å². The Bertz CT molecular complexity index is 1050. The van der Waals surface area contributed by atoms with Crippen LogP contribution in [-0.4, -0.2) is 20.7 Å². The predicted octanol–water partition coefficient (Wildman–Crippen LogP) is 3.81. The smallest absolute Gasteiger partial charge is 0.276 e. The van der Waals surface area contributed by atoms with E-state index in [0.29, 0.717) is 11.4 Å². The van der Waals surface area contributed by atoms with Gasteiger partial charge in [-0.25, -0.2) is 9.07 Å². The van der Waals surface area contributed by atoms with Gasteiger partial charge in [0.25, 0.3) is 5.91 Å². The van der Waals surface area contributed by atoms with Gasteiger partial charge in [0.2, 0.25) is 0 Å². The van der Waals surface area contributed by atoms with Crippen LogP contribution in [-0.2, 0) is 0 Å². The Morgan fingerprint density at radius 2 is 1.84 bits per heavy atom. The van der Waals surface area contributed by atoms with Crippen LogP contribution >= 0.6 is 0 Å². The minimum atomic E-state index is -0.322. The van der Waals surface area contributed by atoms with Crippen molar-refractivity contribution in [2.45, 2.75) is 0 Å². The van der Waals surface area contributed by atoms with E-state index in [1.165, 1.54) is 16.8 Å². The highest BCUT2D eigenvalue weighted by molar-refractivity contribution is 6.07. The number of amides is 1. The Kier molecular flexibility index (Phi) is 3.70. The van der Waals surface area contributed by atoms with Crippen LogP contribution in [0.25, 0.3) is 16.6 Å². The molecule has 0 unspecified atom stereocenters. The number of hydrogen-bond acceptors (Lipinski definition) is 3. The van der Waals surface area contributed by atoms with Crippen LogP contribution in [0.4, 0.5) is 10.1 Å². The summed E-state index contributed by atoms with van der Waals surface area (Å²) in [7, 11) is 0. The number of nitrogens with zero attached hydrogens (tertiary/aromatic N) is 3. The summed E-state index contributed by atoms with van der Waals surface area (Å²) in [6.07, 6.45) is 3.37. The summed E-state index contributed by atoms with van der Waals surface area (Å²) < 4.78 is 14.5. The lowest BCUT2D eigenvalue weighted by Gasteiger charge is -2.07. The number of hydrogen-bond donors (Lipinski definition) is 1. The first kappa shape index (κ1) is 15.0. The van der Waals surface area contributed by atoms with Crippen molar-refractivity contribution in [3.05, 3.63) is 84.6 Å². The molecule has 0 bridgehead atoms. The maximum atomic E-state index is 13.0. The summed E-state index contributed by atoms with van der Waals surface area (Å²) in [4.78, 5) is 16.8. The Morgan fingerprint density at radius 3 is 2.68 bits per heavy atom. The molecule has 0 aliphatic carbocycles. The molecule has 5 nitrogen and oxygen atoms in total. The molecule has 25 heavy (non-hydrogen) atoms. The zero-order chi connectivity index (χ0) is 17.2. The standard InChI is InChI=1S/C19H13FN4O/c20-13-6-8-14(9-7-13)24-12-10-18(23-24)19(25)22-17-5-1-4-16-15(17)3-2-11-21-16/h1-12H,(H,22,25). The van der Waals surface area contributed by atoms with Gasteiger partial charge in [-0.05, 0) is 54.6 Å². The van der Waals surface area contributed by atoms with Gasteiger partial charge in [-0.15, -0.1) is 0 Å². The third-order valence-corrected chi connectivity index (χ3v) is 3.81. The lowest BCUT2D eigenvalue weighted by molar-refractivity contribution is 0.102. The van der Waals surface area contributed by atoms with Gasteiger partial charge in [0.05, 0.1) is 16.9 Å². The monoisotopic (exact) mass is 332 g/mol. The molecular formula is C19H13FN4O. The average molecular weight is 332 g/mol. The molecule has 0 spiro atoms. The molecule has 4 aromatic rings. The lowest BCUT2D eigenvalue weighted by atomic mass is 10.2. The maximum absolute atomic E-state index is 13.0. The van der Waals surface area contributed by atoms with Crippen molar-refractivity contribution >= 4 is 22.5 Å². The number of nitrogens with one attached hydrogen (secondary N) is 1. The molecule has 122 valence electrons. The number of carbonyl (C=O) groups is 1. The molecule has 2 aromatic carbocycles. The molecule has 1 amide bonds. The Hall–Kier alpha value is -3.54. The SMILES string of the molecule is O=C(Nc1cccc2ncccc12)c1ccn(-c2ccc(F)cc2)n1. The van der Waals surface area contributed by atoms with Crippen LogP contribution in [0.3, 0.4) is 0 Å². The Balaban J connectivity index is 1.60. The fourth-order valence-corrected chi connectivity index (χ4v) is 2.58. The zero-order valence-corrected chi connectivity index (χ0v) is 13.1. The summed E-state index contributed by atoms with van der Waals surface area (Å²) in [5.74, 6) is -0.643. The van der Waals surface area contributed by atoms with Gasteiger partial charge in [-0.3, -0.25) is 9.78 Å². The van der Waals surface area contributed by atoms with Crippen molar-refractivity contribution in [1.82, 2.24) is 14.8 Å². The van der Waals surface area contributed by atoms with Crippen LogP contribution in [0, 0.1) is 5.82 Å². The number of anilines is 1. The van der Waals surface area contributed by atoms with E-state index in [-0.39, 0.29) is 17.4 Å². The molecule has 4 rings (SSSR count). The van der Waals surface area contributed by atoms with Crippen LogP contribution in [0.15, 0.2) is 73.1 Å². The lowest BCUT2D eigenvalue weighted by Crippen LogP contribution is -2.13. The van der Waals surface area contributed by atoms with Crippen molar-refractivity contribution in [1.29, 1.82) is 0 Å². The maximum Gasteiger partial charge on any atom is 0.276 e. The van der Waals surface area contributed by atoms with E-state index in [1.807, 2.05) is 30.3 Å². The highest BCUT2D eigenvalue weighted by Crippen LogP contribution is 2.21. The van der Waals surface area contributed by atoms with Gasteiger partial charge in [0.15, 0.2) is 5.69 Å². The van der Waals surface area contributed by atoms with E-state index in [0.717, 1.165) is 10.9 Å². The first-order valence-electron chi connectivity index (χ1n) is 7.67. The Labute approximate surface area is 142 Å². The molecule has 0 atom stereocenters. The molecule has 2 aromatic heterocycles. The molecule has 2 heterocycles. The van der Waals surface area contributed by atoms with Gasteiger partial charge in [-0.1, -0.05) is 6.07 Å². The van der Waals surface area contributed by atoms with Crippen molar-refractivity contribution < 1.29 is 9.18 Å². The van der Waals surface area contributed by atoms with E-state index in [1.54, 1.807) is 30.6 Å². The van der Waals surface area contributed by atoms with E-state index in [2.05, 4.69) is 15.4 Å². The number of halogens is 1.